The van der Waals surface area contributed by atoms with Crippen LogP contribution in [0.15, 0.2) is 6.07 Å². The van der Waals surface area contributed by atoms with E-state index in [1.165, 1.54) is 17.5 Å². The van der Waals surface area contributed by atoms with Crippen molar-refractivity contribution in [2.45, 2.75) is 37.6 Å². The van der Waals surface area contributed by atoms with Crippen molar-refractivity contribution in [2.24, 2.45) is 5.73 Å². The molecule has 2 aliphatic carbocycles. The molecule has 0 spiro atoms. The van der Waals surface area contributed by atoms with E-state index in [4.69, 9.17) is 15.2 Å². The summed E-state index contributed by atoms with van der Waals surface area (Å²) in [4.78, 5) is 0. The first-order valence-corrected chi connectivity index (χ1v) is 6.25. The van der Waals surface area contributed by atoms with Crippen LogP contribution in [-0.4, -0.2) is 14.2 Å². The zero-order valence-corrected chi connectivity index (χ0v) is 10.5. The van der Waals surface area contributed by atoms with E-state index in [1.54, 1.807) is 14.2 Å². The van der Waals surface area contributed by atoms with Crippen molar-refractivity contribution >= 4 is 0 Å². The summed E-state index contributed by atoms with van der Waals surface area (Å²) in [6.07, 6.45) is 5.45. The number of fused-ring (bicyclic) bond motifs is 1. The van der Waals surface area contributed by atoms with Crippen molar-refractivity contribution in [3.63, 3.8) is 0 Å². The molecule has 2 aliphatic rings. The van der Waals surface area contributed by atoms with E-state index in [1.807, 2.05) is 0 Å². The minimum atomic E-state index is -0.170. The summed E-state index contributed by atoms with van der Waals surface area (Å²) in [5.41, 5.74) is 9.93. The van der Waals surface area contributed by atoms with Gasteiger partial charge in [0, 0.05) is 22.2 Å². The van der Waals surface area contributed by atoms with Crippen LogP contribution in [0.2, 0.25) is 0 Å². The van der Waals surface area contributed by atoms with Gasteiger partial charge in [-0.1, -0.05) is 0 Å². The lowest BCUT2D eigenvalue weighted by Crippen LogP contribution is -2.20. The first-order valence-electron chi connectivity index (χ1n) is 6.25. The highest BCUT2D eigenvalue weighted by molar-refractivity contribution is 5.58. The van der Waals surface area contributed by atoms with Crippen LogP contribution in [0.25, 0.3) is 0 Å². The fourth-order valence-electron chi connectivity index (χ4n) is 2.90. The lowest BCUT2D eigenvalue weighted by Gasteiger charge is -2.20. The second kappa shape index (κ2) is 3.64. The smallest absolute Gasteiger partial charge is 0.127 e. The van der Waals surface area contributed by atoms with Gasteiger partial charge < -0.3 is 15.2 Å². The van der Waals surface area contributed by atoms with Gasteiger partial charge in [0.15, 0.2) is 0 Å². The zero-order chi connectivity index (χ0) is 12.0. The van der Waals surface area contributed by atoms with Crippen LogP contribution in [0.5, 0.6) is 11.5 Å². The third-order valence-corrected chi connectivity index (χ3v) is 4.06. The predicted octanol–water partition coefficient (Wildman–Crippen LogP) is 2.14. The van der Waals surface area contributed by atoms with Crippen molar-refractivity contribution in [3.05, 3.63) is 22.8 Å². The van der Waals surface area contributed by atoms with Gasteiger partial charge in [0.05, 0.1) is 14.2 Å². The number of benzene rings is 1. The number of hydrogen-bond donors (Lipinski definition) is 1. The molecule has 0 amide bonds. The number of nitrogens with two attached hydrogens (primary N) is 1. The molecule has 0 radical (unpaired) electrons. The van der Waals surface area contributed by atoms with E-state index < -0.39 is 0 Å². The lowest BCUT2D eigenvalue weighted by molar-refractivity contribution is 0.389. The van der Waals surface area contributed by atoms with Crippen molar-refractivity contribution in [1.29, 1.82) is 0 Å². The van der Waals surface area contributed by atoms with E-state index in [0.717, 1.165) is 42.7 Å². The zero-order valence-electron chi connectivity index (χ0n) is 10.5. The van der Waals surface area contributed by atoms with Gasteiger partial charge in [-0.25, -0.2) is 0 Å². The third-order valence-electron chi connectivity index (χ3n) is 4.06. The summed E-state index contributed by atoms with van der Waals surface area (Å²) in [7, 11) is 3.48. The van der Waals surface area contributed by atoms with Crippen LogP contribution in [0.1, 0.15) is 36.0 Å². The molecular weight excluding hydrogens is 214 g/mol. The highest BCUT2D eigenvalue weighted by atomic mass is 16.5. The molecule has 0 aliphatic heterocycles. The Balaban J connectivity index is 2.21. The van der Waals surface area contributed by atoms with Crippen LogP contribution in [0.3, 0.4) is 0 Å². The van der Waals surface area contributed by atoms with E-state index in [9.17, 15) is 0 Å². The van der Waals surface area contributed by atoms with Crippen molar-refractivity contribution in [3.8, 4) is 11.5 Å². The van der Waals surface area contributed by atoms with Crippen LogP contribution in [-0.2, 0) is 18.4 Å². The number of ether oxygens (including phenoxy) is 2. The molecule has 0 atom stereocenters. The Morgan fingerprint density at radius 3 is 2.41 bits per heavy atom. The predicted molar refractivity (Wildman–Crippen MR) is 66.7 cm³/mol. The Kier molecular flexibility index (Phi) is 2.33. The third kappa shape index (κ3) is 1.53. The fraction of sp³-hybridized carbons (Fsp3) is 0.571. The average Bonchev–Trinajstić information content (AvgIpc) is 2.91. The molecule has 0 aromatic heterocycles. The SMILES string of the molecule is COc1cc(C2(N)CC2)c(OC)c2c1CCC2. The maximum Gasteiger partial charge on any atom is 0.127 e. The summed E-state index contributed by atoms with van der Waals surface area (Å²) < 4.78 is 11.1. The maximum absolute atomic E-state index is 6.33. The molecule has 92 valence electrons. The normalized spacial score (nSPS) is 19.9. The van der Waals surface area contributed by atoms with E-state index in [2.05, 4.69) is 6.07 Å². The standard InChI is InChI=1S/C14H19NO2/c1-16-12-8-11(14(15)6-7-14)13(17-2)10-5-3-4-9(10)12/h8H,3-7,15H2,1-2H3. The molecular formula is C14H19NO2. The van der Waals surface area contributed by atoms with Gasteiger partial charge in [-0.2, -0.15) is 0 Å². The molecule has 1 aromatic carbocycles. The molecule has 0 heterocycles. The second-order valence-corrected chi connectivity index (χ2v) is 5.13. The van der Waals surface area contributed by atoms with Crippen molar-refractivity contribution in [1.82, 2.24) is 0 Å². The van der Waals surface area contributed by atoms with Gasteiger partial charge in [-0.05, 0) is 38.2 Å². The van der Waals surface area contributed by atoms with Gasteiger partial charge in [0.25, 0.3) is 0 Å². The summed E-state index contributed by atoms with van der Waals surface area (Å²) >= 11 is 0. The Hall–Kier alpha value is -1.22. The Bertz CT molecular complexity index is 464. The first-order chi connectivity index (χ1) is 8.19. The van der Waals surface area contributed by atoms with Crippen LogP contribution in [0.4, 0.5) is 0 Å². The Morgan fingerprint density at radius 1 is 1.12 bits per heavy atom. The molecule has 1 aromatic rings. The topological polar surface area (TPSA) is 44.5 Å². The molecule has 3 rings (SSSR count). The molecule has 0 saturated heterocycles. The van der Waals surface area contributed by atoms with Crippen LogP contribution < -0.4 is 15.2 Å². The van der Waals surface area contributed by atoms with Gasteiger partial charge in [-0.15, -0.1) is 0 Å². The van der Waals surface area contributed by atoms with E-state index in [-0.39, 0.29) is 5.54 Å². The number of hydrogen-bond acceptors (Lipinski definition) is 3. The highest BCUT2D eigenvalue weighted by Crippen LogP contribution is 2.51. The summed E-state index contributed by atoms with van der Waals surface area (Å²) in [5, 5.41) is 0. The molecule has 1 saturated carbocycles. The largest absolute Gasteiger partial charge is 0.496 e. The second-order valence-electron chi connectivity index (χ2n) is 5.13. The Morgan fingerprint density at radius 2 is 1.82 bits per heavy atom. The van der Waals surface area contributed by atoms with Crippen LogP contribution >= 0.6 is 0 Å². The summed E-state index contributed by atoms with van der Waals surface area (Å²) in [6.45, 7) is 0. The van der Waals surface area contributed by atoms with Gasteiger partial charge in [0.2, 0.25) is 0 Å². The fourth-order valence-corrected chi connectivity index (χ4v) is 2.90. The molecule has 2 N–H and O–H groups in total. The first kappa shape index (κ1) is 10.9. The van der Waals surface area contributed by atoms with E-state index >= 15 is 0 Å². The number of rotatable bonds is 3. The minimum absolute atomic E-state index is 0.170. The average molecular weight is 233 g/mol. The minimum Gasteiger partial charge on any atom is -0.496 e. The quantitative estimate of drug-likeness (QED) is 0.870. The lowest BCUT2D eigenvalue weighted by atomic mass is 9.97. The molecule has 3 nitrogen and oxygen atoms in total. The summed E-state index contributed by atoms with van der Waals surface area (Å²) in [5.74, 6) is 2.00. The molecule has 17 heavy (non-hydrogen) atoms. The molecule has 3 heteroatoms. The number of methoxy groups -OCH3 is 2. The van der Waals surface area contributed by atoms with Crippen LogP contribution in [0, 0.1) is 0 Å². The van der Waals surface area contributed by atoms with Crippen molar-refractivity contribution < 1.29 is 9.47 Å². The molecule has 0 unspecified atom stereocenters. The van der Waals surface area contributed by atoms with E-state index in [0.29, 0.717) is 0 Å². The van der Waals surface area contributed by atoms with Gasteiger partial charge >= 0.3 is 0 Å². The monoisotopic (exact) mass is 233 g/mol. The Labute approximate surface area is 102 Å². The van der Waals surface area contributed by atoms with Gasteiger partial charge in [0.1, 0.15) is 11.5 Å². The molecule has 0 bridgehead atoms. The van der Waals surface area contributed by atoms with Crippen molar-refractivity contribution in [2.75, 3.05) is 14.2 Å². The summed E-state index contributed by atoms with van der Waals surface area (Å²) in [6, 6.07) is 2.09. The molecule has 1 fully saturated rings. The highest BCUT2D eigenvalue weighted by Gasteiger charge is 2.44. The van der Waals surface area contributed by atoms with Gasteiger partial charge in [-0.3, -0.25) is 0 Å². The maximum atomic E-state index is 6.33.